The number of rotatable bonds is 8. The van der Waals surface area contributed by atoms with E-state index in [1.54, 1.807) is 0 Å². The lowest BCUT2D eigenvalue weighted by Gasteiger charge is -2.27. The van der Waals surface area contributed by atoms with Crippen molar-refractivity contribution in [2.45, 2.75) is 0 Å². The van der Waals surface area contributed by atoms with Gasteiger partial charge in [-0.25, -0.2) is 0 Å². The first kappa shape index (κ1) is 35.2. The summed E-state index contributed by atoms with van der Waals surface area (Å²) in [5.41, 5.74) is 16.3. The Balaban J connectivity index is 1.06. The molecule has 1 heterocycles. The fraction of sp³-hybridized carbons (Fsp3) is 0. The number of benzene rings is 10. The zero-order chi connectivity index (χ0) is 39.8. The second-order valence-electron chi connectivity index (χ2n) is 15.3. The summed E-state index contributed by atoms with van der Waals surface area (Å²) in [6.45, 7) is 0. The molecule has 0 atom stereocenters. The third-order valence-corrected chi connectivity index (χ3v) is 11.8. The SMILES string of the molecule is c1ccc(-c2ccc(N(c3cccc(-c4ccc5ccccc5c4)c3)c3cccc(-c4ccccc4-c4cccc5c4c4ccccc4n5-c4ccccc4)c3)cc2)cc1. The van der Waals surface area contributed by atoms with Crippen LogP contribution in [0.25, 0.3) is 82.8 Å². The van der Waals surface area contributed by atoms with Gasteiger partial charge in [-0.05, 0) is 122 Å². The Hall–Kier alpha value is -7.94. The second kappa shape index (κ2) is 15.1. The van der Waals surface area contributed by atoms with Crippen LogP contribution in [0, 0.1) is 0 Å². The Bertz CT molecular complexity index is 3310. The lowest BCUT2D eigenvalue weighted by atomic mass is 9.91. The highest BCUT2D eigenvalue weighted by molar-refractivity contribution is 6.16. The normalized spacial score (nSPS) is 11.3. The van der Waals surface area contributed by atoms with Crippen molar-refractivity contribution in [3.63, 3.8) is 0 Å². The number of aromatic nitrogens is 1. The van der Waals surface area contributed by atoms with Gasteiger partial charge in [0.2, 0.25) is 0 Å². The summed E-state index contributed by atoms with van der Waals surface area (Å²) in [6, 6.07) is 87.9. The summed E-state index contributed by atoms with van der Waals surface area (Å²) >= 11 is 0. The molecular weight excluding hydrogens is 725 g/mol. The molecule has 0 spiro atoms. The highest BCUT2D eigenvalue weighted by Crippen LogP contribution is 2.44. The molecule has 10 aromatic carbocycles. The average Bonchev–Trinajstić information content (AvgIpc) is 3.67. The summed E-state index contributed by atoms with van der Waals surface area (Å²) in [4.78, 5) is 2.39. The Kier molecular flexibility index (Phi) is 8.87. The molecule has 0 fully saturated rings. The number of nitrogens with zero attached hydrogens (tertiary/aromatic N) is 2. The van der Waals surface area contributed by atoms with Crippen LogP contribution in [0.2, 0.25) is 0 Å². The first-order chi connectivity index (χ1) is 29.8. The molecule has 2 nitrogen and oxygen atoms in total. The van der Waals surface area contributed by atoms with Crippen LogP contribution < -0.4 is 4.90 Å². The molecule has 60 heavy (non-hydrogen) atoms. The number of fused-ring (bicyclic) bond motifs is 4. The van der Waals surface area contributed by atoms with Gasteiger partial charge in [-0.15, -0.1) is 0 Å². The second-order valence-corrected chi connectivity index (χ2v) is 15.3. The van der Waals surface area contributed by atoms with E-state index in [4.69, 9.17) is 0 Å². The summed E-state index contributed by atoms with van der Waals surface area (Å²) in [7, 11) is 0. The van der Waals surface area contributed by atoms with Gasteiger partial charge >= 0.3 is 0 Å². The van der Waals surface area contributed by atoms with Crippen LogP contribution in [-0.2, 0) is 0 Å². The Morgan fingerprint density at radius 1 is 0.283 bits per heavy atom. The van der Waals surface area contributed by atoms with Gasteiger partial charge in [-0.1, -0.05) is 176 Å². The van der Waals surface area contributed by atoms with E-state index in [2.05, 4.69) is 252 Å². The van der Waals surface area contributed by atoms with E-state index in [0.717, 1.165) is 28.3 Å². The minimum Gasteiger partial charge on any atom is -0.310 e. The molecule has 0 saturated heterocycles. The summed E-state index contributed by atoms with van der Waals surface area (Å²) < 4.78 is 2.39. The first-order valence-electron chi connectivity index (χ1n) is 20.6. The van der Waals surface area contributed by atoms with Gasteiger partial charge in [0.1, 0.15) is 0 Å². The molecule has 0 bridgehead atoms. The Labute approximate surface area is 350 Å². The minimum atomic E-state index is 1.09. The van der Waals surface area contributed by atoms with E-state index in [1.165, 1.54) is 71.5 Å². The maximum absolute atomic E-state index is 2.39. The molecule has 0 unspecified atom stereocenters. The third-order valence-electron chi connectivity index (χ3n) is 11.8. The summed E-state index contributed by atoms with van der Waals surface area (Å²) in [5, 5.41) is 4.98. The Morgan fingerprint density at radius 3 is 1.62 bits per heavy atom. The van der Waals surface area contributed by atoms with Crippen molar-refractivity contribution in [2.24, 2.45) is 0 Å². The van der Waals surface area contributed by atoms with Crippen molar-refractivity contribution >= 4 is 49.6 Å². The smallest absolute Gasteiger partial charge is 0.0547 e. The fourth-order valence-corrected chi connectivity index (χ4v) is 8.96. The fourth-order valence-electron chi connectivity index (χ4n) is 8.96. The predicted octanol–water partition coefficient (Wildman–Crippen LogP) is 16.1. The number of para-hydroxylation sites is 2. The van der Waals surface area contributed by atoms with E-state index in [0.29, 0.717) is 0 Å². The maximum atomic E-state index is 2.39. The van der Waals surface area contributed by atoms with Crippen molar-refractivity contribution in [1.82, 2.24) is 4.57 Å². The predicted molar refractivity (Wildman–Crippen MR) is 255 cm³/mol. The van der Waals surface area contributed by atoms with Gasteiger partial charge in [-0.3, -0.25) is 0 Å². The molecule has 0 radical (unpaired) electrons. The van der Waals surface area contributed by atoms with Crippen molar-refractivity contribution in [2.75, 3.05) is 4.90 Å². The van der Waals surface area contributed by atoms with Crippen LogP contribution in [0.5, 0.6) is 0 Å². The molecular formula is C58H40N2. The van der Waals surface area contributed by atoms with Crippen molar-refractivity contribution in [1.29, 1.82) is 0 Å². The number of hydrogen-bond acceptors (Lipinski definition) is 1. The standard InChI is InChI=1S/C58H40N2/c1-3-16-41(17-4-1)43-34-36-49(37-35-43)59(50-24-13-20-45(39-50)46-33-32-42-18-7-8-19-44(42)38-46)51-25-14-21-47(40-51)52-26-9-10-27-53(52)54-29-15-31-57-58(54)55-28-11-12-30-56(55)60(57)48-22-5-2-6-23-48/h1-40H. The topological polar surface area (TPSA) is 8.17 Å². The van der Waals surface area contributed by atoms with Crippen LogP contribution in [-0.4, -0.2) is 4.57 Å². The summed E-state index contributed by atoms with van der Waals surface area (Å²) in [5.74, 6) is 0. The average molecular weight is 765 g/mol. The van der Waals surface area contributed by atoms with Gasteiger partial charge in [-0.2, -0.15) is 0 Å². The van der Waals surface area contributed by atoms with Gasteiger partial charge in [0.15, 0.2) is 0 Å². The third kappa shape index (κ3) is 6.32. The zero-order valence-electron chi connectivity index (χ0n) is 33.0. The van der Waals surface area contributed by atoms with E-state index in [1.807, 2.05) is 0 Å². The molecule has 11 aromatic rings. The lowest BCUT2D eigenvalue weighted by molar-refractivity contribution is 1.18. The van der Waals surface area contributed by atoms with E-state index in [-0.39, 0.29) is 0 Å². The molecule has 0 aliphatic carbocycles. The van der Waals surface area contributed by atoms with Crippen LogP contribution in [0.3, 0.4) is 0 Å². The van der Waals surface area contributed by atoms with Gasteiger partial charge < -0.3 is 9.47 Å². The Morgan fingerprint density at radius 2 is 0.817 bits per heavy atom. The molecule has 282 valence electrons. The quantitative estimate of drug-likeness (QED) is 0.150. The van der Waals surface area contributed by atoms with Crippen molar-refractivity contribution in [3.8, 4) is 50.2 Å². The molecule has 0 aliphatic rings. The highest BCUT2D eigenvalue weighted by Gasteiger charge is 2.20. The molecule has 0 amide bonds. The van der Waals surface area contributed by atoms with Crippen LogP contribution in [0.4, 0.5) is 17.1 Å². The van der Waals surface area contributed by atoms with Crippen molar-refractivity contribution < 1.29 is 0 Å². The van der Waals surface area contributed by atoms with Gasteiger partial charge in [0, 0.05) is 33.5 Å². The molecule has 0 saturated carbocycles. The number of anilines is 3. The lowest BCUT2D eigenvalue weighted by Crippen LogP contribution is -2.10. The molecule has 2 heteroatoms. The van der Waals surface area contributed by atoms with Crippen LogP contribution in [0.15, 0.2) is 243 Å². The monoisotopic (exact) mass is 764 g/mol. The molecule has 1 aromatic heterocycles. The maximum Gasteiger partial charge on any atom is 0.0547 e. The molecule has 11 rings (SSSR count). The molecule has 0 N–H and O–H groups in total. The van der Waals surface area contributed by atoms with Crippen LogP contribution >= 0.6 is 0 Å². The number of hydrogen-bond donors (Lipinski definition) is 0. The van der Waals surface area contributed by atoms with E-state index < -0.39 is 0 Å². The highest BCUT2D eigenvalue weighted by atomic mass is 15.1. The minimum absolute atomic E-state index is 1.09. The van der Waals surface area contributed by atoms with Gasteiger partial charge in [0.05, 0.1) is 11.0 Å². The first-order valence-corrected chi connectivity index (χ1v) is 20.6. The largest absolute Gasteiger partial charge is 0.310 e. The van der Waals surface area contributed by atoms with E-state index >= 15 is 0 Å². The summed E-state index contributed by atoms with van der Waals surface area (Å²) in [6.07, 6.45) is 0. The van der Waals surface area contributed by atoms with Gasteiger partial charge in [0.25, 0.3) is 0 Å². The van der Waals surface area contributed by atoms with Crippen LogP contribution in [0.1, 0.15) is 0 Å². The zero-order valence-corrected chi connectivity index (χ0v) is 33.0. The van der Waals surface area contributed by atoms with E-state index in [9.17, 15) is 0 Å². The van der Waals surface area contributed by atoms with Crippen molar-refractivity contribution in [3.05, 3.63) is 243 Å². The molecule has 0 aliphatic heterocycles.